The minimum atomic E-state index is -3.73. The Morgan fingerprint density at radius 2 is 1.64 bits per heavy atom. The van der Waals surface area contributed by atoms with Gasteiger partial charge in [-0.3, -0.25) is 0 Å². The molecule has 3 nitrogen and oxygen atoms in total. The fourth-order valence-corrected chi connectivity index (χ4v) is 6.07. The average molecular weight is 321 g/mol. The standard InChI is InChI=1S/C17H20FNO2S/c18-16-6-1-2-7-17(16)22(20,21)19-14-8-9-15(19)11-13(10-14)12-4-3-5-12/h1-2,6-7,14-15H,3-5,8-11H2. The Morgan fingerprint density at radius 1 is 1.00 bits per heavy atom. The van der Waals surface area contributed by atoms with Crippen LogP contribution < -0.4 is 0 Å². The van der Waals surface area contributed by atoms with Crippen molar-refractivity contribution in [3.05, 3.63) is 41.2 Å². The van der Waals surface area contributed by atoms with E-state index in [0.29, 0.717) is 0 Å². The molecule has 0 amide bonds. The zero-order valence-electron chi connectivity index (χ0n) is 12.5. The third-order valence-corrected chi connectivity index (χ3v) is 7.40. The van der Waals surface area contributed by atoms with Crippen LogP contribution in [0.25, 0.3) is 0 Å². The van der Waals surface area contributed by atoms with Crippen LogP contribution >= 0.6 is 0 Å². The van der Waals surface area contributed by atoms with Crippen molar-refractivity contribution in [1.82, 2.24) is 4.31 Å². The fraction of sp³-hybridized carbons (Fsp3) is 0.529. The second kappa shape index (κ2) is 5.17. The first-order valence-corrected chi connectivity index (χ1v) is 9.49. The number of fused-ring (bicyclic) bond motifs is 2. The van der Waals surface area contributed by atoms with Crippen molar-refractivity contribution < 1.29 is 12.8 Å². The highest BCUT2D eigenvalue weighted by molar-refractivity contribution is 7.89. The predicted octanol–water partition coefficient (Wildman–Crippen LogP) is 3.62. The van der Waals surface area contributed by atoms with E-state index in [0.717, 1.165) is 25.7 Å². The van der Waals surface area contributed by atoms with E-state index in [1.54, 1.807) is 15.9 Å². The Morgan fingerprint density at radius 3 is 2.18 bits per heavy atom. The quantitative estimate of drug-likeness (QED) is 0.780. The summed E-state index contributed by atoms with van der Waals surface area (Å²) in [5.74, 6) is -0.648. The summed E-state index contributed by atoms with van der Waals surface area (Å²) in [6.07, 6.45) is 7.14. The lowest BCUT2D eigenvalue weighted by Gasteiger charge is -2.37. The maximum absolute atomic E-state index is 14.0. The molecule has 1 aromatic carbocycles. The molecule has 118 valence electrons. The van der Waals surface area contributed by atoms with Gasteiger partial charge >= 0.3 is 0 Å². The molecule has 2 unspecified atom stereocenters. The molecule has 1 aromatic rings. The minimum absolute atomic E-state index is 0.0199. The highest BCUT2D eigenvalue weighted by Crippen LogP contribution is 2.45. The SMILES string of the molecule is O=S(=O)(c1ccccc1F)N1C2CCC1CC(=C1CCC1)C2. The summed E-state index contributed by atoms with van der Waals surface area (Å²) in [6.45, 7) is 0. The number of piperidine rings is 1. The molecule has 5 heteroatoms. The van der Waals surface area contributed by atoms with Gasteiger partial charge in [0, 0.05) is 12.1 Å². The van der Waals surface area contributed by atoms with Crippen molar-refractivity contribution in [2.45, 2.75) is 61.9 Å². The summed E-state index contributed by atoms with van der Waals surface area (Å²) in [7, 11) is -3.73. The Kier molecular flexibility index (Phi) is 3.38. The number of rotatable bonds is 2. The van der Waals surface area contributed by atoms with Gasteiger partial charge in [-0.1, -0.05) is 23.3 Å². The van der Waals surface area contributed by atoms with Gasteiger partial charge in [0.15, 0.2) is 0 Å². The van der Waals surface area contributed by atoms with Crippen LogP contribution in [0, 0.1) is 5.82 Å². The Labute approximate surface area is 130 Å². The zero-order chi connectivity index (χ0) is 15.3. The smallest absolute Gasteiger partial charge is 0.207 e. The van der Waals surface area contributed by atoms with Gasteiger partial charge in [-0.25, -0.2) is 12.8 Å². The van der Waals surface area contributed by atoms with Gasteiger partial charge in [0.1, 0.15) is 10.7 Å². The zero-order valence-corrected chi connectivity index (χ0v) is 13.3. The summed E-state index contributed by atoms with van der Waals surface area (Å²) in [6, 6.07) is 5.75. The number of sulfonamides is 1. The third kappa shape index (κ3) is 2.14. The molecular formula is C17H20FNO2S. The van der Waals surface area contributed by atoms with Gasteiger partial charge in [0.25, 0.3) is 0 Å². The molecule has 0 aromatic heterocycles. The van der Waals surface area contributed by atoms with E-state index >= 15 is 0 Å². The number of hydrogen-bond acceptors (Lipinski definition) is 2. The fourth-order valence-electron chi connectivity index (χ4n) is 4.13. The van der Waals surface area contributed by atoms with Crippen molar-refractivity contribution in [3.63, 3.8) is 0 Å². The topological polar surface area (TPSA) is 37.4 Å². The molecule has 1 saturated carbocycles. The largest absolute Gasteiger partial charge is 0.246 e. The number of allylic oxidation sites excluding steroid dienone is 1. The maximum Gasteiger partial charge on any atom is 0.246 e. The number of hydrogen-bond donors (Lipinski definition) is 0. The summed E-state index contributed by atoms with van der Waals surface area (Å²) in [5.41, 5.74) is 3.04. The lowest BCUT2D eigenvalue weighted by molar-refractivity contribution is 0.280. The molecule has 22 heavy (non-hydrogen) atoms. The Balaban J connectivity index is 1.68. The van der Waals surface area contributed by atoms with Crippen LogP contribution in [0.1, 0.15) is 44.9 Å². The van der Waals surface area contributed by atoms with E-state index in [-0.39, 0.29) is 17.0 Å². The minimum Gasteiger partial charge on any atom is -0.207 e. The van der Waals surface area contributed by atoms with Crippen LogP contribution in [-0.2, 0) is 10.0 Å². The van der Waals surface area contributed by atoms with Gasteiger partial charge in [-0.05, 0) is 57.1 Å². The monoisotopic (exact) mass is 321 g/mol. The number of benzene rings is 1. The van der Waals surface area contributed by atoms with Crippen LogP contribution in [0.5, 0.6) is 0 Å². The molecule has 0 spiro atoms. The molecule has 3 aliphatic rings. The van der Waals surface area contributed by atoms with E-state index in [9.17, 15) is 12.8 Å². The van der Waals surface area contributed by atoms with Crippen LogP contribution in [-0.4, -0.2) is 24.8 Å². The average Bonchev–Trinajstić information content (AvgIpc) is 2.70. The molecule has 0 N–H and O–H groups in total. The second-order valence-corrected chi connectivity index (χ2v) is 8.43. The summed E-state index contributed by atoms with van der Waals surface area (Å²) in [4.78, 5) is -0.174. The van der Waals surface area contributed by atoms with Crippen LogP contribution in [0.4, 0.5) is 4.39 Å². The molecule has 2 heterocycles. The molecule has 0 radical (unpaired) electrons. The highest BCUT2D eigenvalue weighted by Gasteiger charge is 2.46. The van der Waals surface area contributed by atoms with Gasteiger partial charge < -0.3 is 0 Å². The third-order valence-electron chi connectivity index (χ3n) is 5.37. The van der Waals surface area contributed by atoms with Gasteiger partial charge in [0.2, 0.25) is 10.0 Å². The van der Waals surface area contributed by atoms with E-state index < -0.39 is 15.8 Å². The van der Waals surface area contributed by atoms with E-state index in [1.807, 2.05) is 0 Å². The molecule has 2 bridgehead atoms. The lowest BCUT2D eigenvalue weighted by atomic mass is 9.83. The summed E-state index contributed by atoms with van der Waals surface area (Å²) < 4.78 is 41.4. The van der Waals surface area contributed by atoms with Crippen molar-refractivity contribution in [1.29, 1.82) is 0 Å². The predicted molar refractivity (Wildman–Crippen MR) is 82.3 cm³/mol. The first kappa shape index (κ1) is 14.4. The maximum atomic E-state index is 14.0. The lowest BCUT2D eigenvalue weighted by Crippen LogP contribution is -2.45. The Bertz CT molecular complexity index is 719. The number of halogens is 1. The normalized spacial score (nSPS) is 28.8. The number of nitrogens with zero attached hydrogens (tertiary/aromatic N) is 1. The Hall–Kier alpha value is -1.20. The first-order chi connectivity index (χ1) is 10.6. The summed E-state index contributed by atoms with van der Waals surface area (Å²) in [5, 5.41) is 0. The van der Waals surface area contributed by atoms with E-state index in [4.69, 9.17) is 0 Å². The van der Waals surface area contributed by atoms with Crippen LogP contribution in [0.3, 0.4) is 0 Å². The molecule has 4 rings (SSSR count). The van der Waals surface area contributed by atoms with E-state index in [2.05, 4.69) is 0 Å². The summed E-state index contributed by atoms with van der Waals surface area (Å²) >= 11 is 0. The van der Waals surface area contributed by atoms with E-state index in [1.165, 1.54) is 43.0 Å². The van der Waals surface area contributed by atoms with Crippen molar-refractivity contribution in [2.75, 3.05) is 0 Å². The van der Waals surface area contributed by atoms with Crippen LogP contribution in [0.2, 0.25) is 0 Å². The molecule has 3 fully saturated rings. The van der Waals surface area contributed by atoms with Crippen molar-refractivity contribution in [3.8, 4) is 0 Å². The second-order valence-electron chi connectivity index (χ2n) is 6.62. The van der Waals surface area contributed by atoms with Crippen LogP contribution in [0.15, 0.2) is 40.3 Å². The van der Waals surface area contributed by atoms with Gasteiger partial charge in [-0.15, -0.1) is 0 Å². The molecule has 2 saturated heterocycles. The highest BCUT2D eigenvalue weighted by atomic mass is 32.2. The first-order valence-electron chi connectivity index (χ1n) is 8.05. The van der Waals surface area contributed by atoms with Gasteiger partial charge in [0.05, 0.1) is 0 Å². The molecular weight excluding hydrogens is 301 g/mol. The van der Waals surface area contributed by atoms with Crippen molar-refractivity contribution >= 4 is 10.0 Å². The molecule has 2 aliphatic heterocycles. The van der Waals surface area contributed by atoms with Gasteiger partial charge in [-0.2, -0.15) is 4.31 Å². The van der Waals surface area contributed by atoms with Crippen molar-refractivity contribution in [2.24, 2.45) is 0 Å². The molecule has 1 aliphatic carbocycles. The molecule has 2 atom stereocenters.